The van der Waals surface area contributed by atoms with E-state index in [0.29, 0.717) is 0 Å². The topological polar surface area (TPSA) is 55.7 Å². The number of ether oxygens (including phenoxy) is 1. The maximum Gasteiger partial charge on any atom is 0.285 e. The largest absolute Gasteiger partial charge is 0.463 e. The summed E-state index contributed by atoms with van der Waals surface area (Å²) >= 11 is 14.9. The van der Waals surface area contributed by atoms with Crippen LogP contribution in [0.2, 0.25) is 0 Å². The second-order valence-electron chi connectivity index (χ2n) is 7.11. The van der Waals surface area contributed by atoms with E-state index in [0.717, 1.165) is 16.0 Å². The fourth-order valence-electron chi connectivity index (χ4n) is 3.27. The molecule has 8 heteroatoms. The lowest BCUT2D eigenvalue weighted by Crippen LogP contribution is -2.28. The minimum absolute atomic E-state index is 0.0498. The van der Waals surface area contributed by atoms with Crippen LogP contribution in [0.4, 0.5) is 0 Å². The zero-order valence-electron chi connectivity index (χ0n) is 16.5. The summed E-state index contributed by atoms with van der Waals surface area (Å²) in [5.41, 5.74) is 1.21. The Morgan fingerprint density at radius 2 is 1.48 bits per heavy atom. The Kier molecular flexibility index (Phi) is 6.35. The molecule has 4 nitrogen and oxygen atoms in total. The van der Waals surface area contributed by atoms with Gasteiger partial charge in [-0.1, -0.05) is 101 Å². The van der Waals surface area contributed by atoms with Gasteiger partial charge in [0.05, 0.1) is 10.8 Å². The van der Waals surface area contributed by atoms with Crippen LogP contribution < -0.4 is 0 Å². The molecule has 3 aromatic carbocycles. The van der Waals surface area contributed by atoms with E-state index < -0.39 is 25.7 Å². The first-order valence-corrected chi connectivity index (χ1v) is 12.6. The lowest BCUT2D eigenvalue weighted by molar-refractivity contribution is 0.293. The van der Waals surface area contributed by atoms with Crippen LogP contribution in [0.15, 0.2) is 99.1 Å². The summed E-state index contributed by atoms with van der Waals surface area (Å²) in [5.74, 6) is -0.757. The molecule has 1 fully saturated rings. The van der Waals surface area contributed by atoms with E-state index in [1.54, 1.807) is 12.1 Å². The molecule has 3 aromatic rings. The van der Waals surface area contributed by atoms with Crippen molar-refractivity contribution >= 4 is 50.9 Å². The third-order valence-corrected chi connectivity index (χ3v) is 8.06. The Balaban J connectivity index is 1.75. The number of nitrogens with zero attached hydrogens (tertiary/aromatic N) is 1. The highest BCUT2D eigenvalue weighted by Crippen LogP contribution is 2.53. The third kappa shape index (κ3) is 4.77. The standard InChI is InChI=1S/C23H19Cl2NO3S2/c1-16-12-14-19(15-13-16)31(27,28)26-22-23(24,25)20(17-8-4-2-5-9-17)21(29-22)30-18-10-6-3-7-11-18/h2-15,20-21H,1H3/b26-22-/t20-,21-/m1/s1. The van der Waals surface area contributed by atoms with E-state index in [2.05, 4.69) is 4.40 Å². The lowest BCUT2D eigenvalue weighted by atomic mass is 9.97. The van der Waals surface area contributed by atoms with Gasteiger partial charge in [-0.25, -0.2) is 0 Å². The molecule has 0 saturated carbocycles. The molecular weight excluding hydrogens is 473 g/mol. The molecule has 0 unspecified atom stereocenters. The first-order chi connectivity index (χ1) is 14.8. The van der Waals surface area contributed by atoms with Crippen LogP contribution in [0, 0.1) is 6.92 Å². The SMILES string of the molecule is Cc1ccc(S(=O)(=O)/N=C2\O[C@H](Sc3ccccc3)[C@@H](c3ccccc3)C2(Cl)Cl)cc1. The number of rotatable bonds is 5. The van der Waals surface area contributed by atoms with E-state index >= 15 is 0 Å². The van der Waals surface area contributed by atoms with Crippen molar-refractivity contribution in [3.63, 3.8) is 0 Å². The molecule has 0 N–H and O–H groups in total. The zero-order chi connectivity index (χ0) is 22.1. The fraction of sp³-hybridized carbons (Fsp3) is 0.174. The number of aryl methyl sites for hydroxylation is 1. The summed E-state index contributed by atoms with van der Waals surface area (Å²) in [5, 5.41) is 0. The quantitative estimate of drug-likeness (QED) is 0.399. The van der Waals surface area contributed by atoms with Crippen LogP contribution in [-0.4, -0.2) is 24.1 Å². The smallest absolute Gasteiger partial charge is 0.285 e. The van der Waals surface area contributed by atoms with Crippen LogP contribution >= 0.6 is 35.0 Å². The van der Waals surface area contributed by atoms with Crippen LogP contribution in [0.5, 0.6) is 0 Å². The van der Waals surface area contributed by atoms with Crippen molar-refractivity contribution in [1.29, 1.82) is 0 Å². The van der Waals surface area contributed by atoms with E-state index in [1.165, 1.54) is 23.9 Å². The molecule has 0 radical (unpaired) electrons. The summed E-state index contributed by atoms with van der Waals surface area (Å²) in [6.07, 6.45) is 0. The number of hydrogen-bond donors (Lipinski definition) is 0. The average Bonchev–Trinajstić information content (AvgIpc) is 2.98. The molecule has 1 heterocycles. The van der Waals surface area contributed by atoms with Crippen LogP contribution in [0.1, 0.15) is 17.0 Å². The maximum atomic E-state index is 12.9. The van der Waals surface area contributed by atoms with Gasteiger partial charge < -0.3 is 4.74 Å². The van der Waals surface area contributed by atoms with Gasteiger partial charge in [-0.3, -0.25) is 0 Å². The van der Waals surface area contributed by atoms with Crippen molar-refractivity contribution < 1.29 is 13.2 Å². The van der Waals surface area contributed by atoms with Crippen LogP contribution in [0.3, 0.4) is 0 Å². The van der Waals surface area contributed by atoms with Gasteiger partial charge in [-0.15, -0.1) is 4.40 Å². The van der Waals surface area contributed by atoms with Crippen molar-refractivity contribution in [2.24, 2.45) is 4.40 Å². The van der Waals surface area contributed by atoms with Gasteiger partial charge in [0, 0.05) is 4.90 Å². The lowest BCUT2D eigenvalue weighted by Gasteiger charge is -2.23. The first kappa shape index (κ1) is 22.2. The van der Waals surface area contributed by atoms with Gasteiger partial charge in [0.1, 0.15) is 0 Å². The van der Waals surface area contributed by atoms with Gasteiger partial charge in [0.15, 0.2) is 5.44 Å². The average molecular weight is 492 g/mol. The molecule has 0 amide bonds. The number of hydrogen-bond acceptors (Lipinski definition) is 4. The molecule has 2 atom stereocenters. The summed E-state index contributed by atoms with van der Waals surface area (Å²) in [4.78, 5) is 0.994. The number of halogens is 2. The molecule has 0 aromatic heterocycles. The molecule has 0 spiro atoms. The Morgan fingerprint density at radius 3 is 2.10 bits per heavy atom. The van der Waals surface area contributed by atoms with Gasteiger partial charge in [0.2, 0.25) is 10.2 Å². The van der Waals surface area contributed by atoms with Gasteiger partial charge in [-0.2, -0.15) is 8.42 Å². The molecule has 160 valence electrons. The van der Waals surface area contributed by atoms with Crippen LogP contribution in [-0.2, 0) is 14.8 Å². The third-order valence-electron chi connectivity index (χ3n) is 4.85. The van der Waals surface area contributed by atoms with Crippen molar-refractivity contribution in [2.75, 3.05) is 0 Å². The van der Waals surface area contributed by atoms with E-state index in [1.807, 2.05) is 67.6 Å². The summed E-state index contributed by atoms with van der Waals surface area (Å²) in [6, 6.07) is 25.5. The highest BCUT2D eigenvalue weighted by atomic mass is 35.5. The predicted octanol–water partition coefficient (Wildman–Crippen LogP) is 6.19. The molecule has 31 heavy (non-hydrogen) atoms. The number of sulfonamides is 1. The van der Waals surface area contributed by atoms with Gasteiger partial charge >= 0.3 is 0 Å². The first-order valence-electron chi connectivity index (χ1n) is 9.50. The Bertz CT molecular complexity index is 1180. The maximum absolute atomic E-state index is 12.9. The number of benzene rings is 3. The minimum Gasteiger partial charge on any atom is -0.463 e. The van der Waals surface area contributed by atoms with Gasteiger partial charge in [0.25, 0.3) is 10.0 Å². The molecule has 0 aliphatic carbocycles. The highest BCUT2D eigenvalue weighted by molar-refractivity contribution is 7.99. The molecule has 1 aliphatic rings. The molecule has 1 saturated heterocycles. The minimum atomic E-state index is -4.05. The Morgan fingerprint density at radius 1 is 0.903 bits per heavy atom. The van der Waals surface area contributed by atoms with E-state index in [-0.39, 0.29) is 10.8 Å². The molecule has 1 aliphatic heterocycles. The van der Waals surface area contributed by atoms with Crippen molar-refractivity contribution in [3.8, 4) is 0 Å². The highest BCUT2D eigenvalue weighted by Gasteiger charge is 2.55. The normalized spacial score (nSPS) is 21.7. The predicted molar refractivity (Wildman–Crippen MR) is 127 cm³/mol. The van der Waals surface area contributed by atoms with Gasteiger partial charge in [-0.05, 0) is 36.8 Å². The van der Waals surface area contributed by atoms with Crippen molar-refractivity contribution in [3.05, 3.63) is 96.1 Å². The second-order valence-corrected chi connectivity index (χ2v) is 11.3. The van der Waals surface area contributed by atoms with Crippen LogP contribution in [0.25, 0.3) is 0 Å². The van der Waals surface area contributed by atoms with E-state index in [4.69, 9.17) is 27.9 Å². The second kappa shape index (κ2) is 8.87. The van der Waals surface area contributed by atoms with Crippen molar-refractivity contribution in [1.82, 2.24) is 0 Å². The zero-order valence-corrected chi connectivity index (χ0v) is 19.6. The monoisotopic (exact) mass is 491 g/mol. The molecular formula is C23H19Cl2NO3S2. The van der Waals surface area contributed by atoms with Crippen molar-refractivity contribution in [2.45, 2.75) is 32.4 Å². The Hall–Kier alpha value is -1.99. The number of thioether (sulfide) groups is 1. The summed E-state index contributed by atoms with van der Waals surface area (Å²) in [6.45, 7) is 1.88. The van der Waals surface area contributed by atoms with E-state index in [9.17, 15) is 8.42 Å². The Labute approximate surface area is 196 Å². The fourth-order valence-corrected chi connectivity index (χ4v) is 6.38. The molecule has 4 rings (SSSR count). The summed E-state index contributed by atoms with van der Waals surface area (Å²) < 4.78 is 34.1. The summed E-state index contributed by atoms with van der Waals surface area (Å²) in [7, 11) is -4.05. The number of alkyl halides is 2. The molecule has 0 bridgehead atoms.